The number of amides is 2. The largest absolute Gasteiger partial charge is 0.484 e. The fraction of sp³-hybridized carbons (Fsp3) is 0.263. The number of anilines is 2. The van der Waals surface area contributed by atoms with Gasteiger partial charge >= 0.3 is 0 Å². The van der Waals surface area contributed by atoms with Gasteiger partial charge in [0, 0.05) is 29.2 Å². The lowest BCUT2D eigenvalue weighted by Crippen LogP contribution is -2.23. The van der Waals surface area contributed by atoms with Crippen LogP contribution in [0.25, 0.3) is 0 Å². The minimum absolute atomic E-state index is 0.0640. The molecule has 130 valence electrons. The van der Waals surface area contributed by atoms with Crippen molar-refractivity contribution in [1.82, 2.24) is 0 Å². The quantitative estimate of drug-likeness (QED) is 0.804. The maximum absolute atomic E-state index is 12.0. The molecule has 0 unspecified atom stereocenters. The Morgan fingerprint density at radius 3 is 2.72 bits per heavy atom. The lowest BCUT2D eigenvalue weighted by molar-refractivity contribution is -0.118. The number of rotatable bonds is 6. The van der Waals surface area contributed by atoms with Crippen LogP contribution in [0.3, 0.4) is 0 Å². The summed E-state index contributed by atoms with van der Waals surface area (Å²) >= 11 is 1.62. The molecule has 2 aromatic carbocycles. The number of thioether (sulfide) groups is 1. The van der Waals surface area contributed by atoms with Crippen LogP contribution in [0.2, 0.25) is 0 Å². The molecule has 2 amide bonds. The predicted molar refractivity (Wildman–Crippen MR) is 100 cm³/mol. The second-order valence-electron chi connectivity index (χ2n) is 5.71. The van der Waals surface area contributed by atoms with Crippen LogP contribution in [0.5, 0.6) is 5.75 Å². The first-order valence-electron chi connectivity index (χ1n) is 8.13. The second-order valence-corrected chi connectivity index (χ2v) is 6.59. The Kier molecular flexibility index (Phi) is 5.60. The summed E-state index contributed by atoms with van der Waals surface area (Å²) in [6.45, 7) is 0.696. The van der Waals surface area contributed by atoms with E-state index in [-0.39, 0.29) is 18.4 Å². The van der Waals surface area contributed by atoms with Crippen molar-refractivity contribution in [1.29, 1.82) is 0 Å². The topological polar surface area (TPSA) is 58.6 Å². The summed E-state index contributed by atoms with van der Waals surface area (Å²) in [5.41, 5.74) is 1.62. The number of ether oxygens (including phenoxy) is 1. The summed E-state index contributed by atoms with van der Waals surface area (Å²) < 4.78 is 5.52. The van der Waals surface area contributed by atoms with Crippen molar-refractivity contribution in [2.45, 2.75) is 17.7 Å². The van der Waals surface area contributed by atoms with Crippen LogP contribution < -0.4 is 15.0 Å². The number of carbonyl (C=O) groups excluding carboxylic acids is 2. The average molecular weight is 356 g/mol. The first kappa shape index (κ1) is 17.4. The molecule has 0 radical (unpaired) electrons. The molecule has 0 bridgehead atoms. The monoisotopic (exact) mass is 356 g/mol. The summed E-state index contributed by atoms with van der Waals surface area (Å²) in [4.78, 5) is 26.6. The molecule has 1 aliphatic heterocycles. The highest BCUT2D eigenvalue weighted by Crippen LogP contribution is 2.24. The number of benzene rings is 2. The standard InChI is InChI=1S/C19H20N2O3S/c1-25-17-5-2-4-14(12-17)20-18(22)13-24-16-9-7-15(8-10-16)21-11-3-6-19(21)23/h2,4-5,7-10,12H,3,6,11,13H2,1H3,(H,20,22). The van der Waals surface area contributed by atoms with Gasteiger partial charge in [0.05, 0.1) is 0 Å². The van der Waals surface area contributed by atoms with Gasteiger partial charge < -0.3 is 15.0 Å². The highest BCUT2D eigenvalue weighted by atomic mass is 32.2. The molecule has 0 aliphatic carbocycles. The van der Waals surface area contributed by atoms with Crippen molar-refractivity contribution >= 4 is 35.0 Å². The van der Waals surface area contributed by atoms with Crippen molar-refractivity contribution < 1.29 is 14.3 Å². The van der Waals surface area contributed by atoms with Crippen molar-refractivity contribution in [3.05, 3.63) is 48.5 Å². The van der Waals surface area contributed by atoms with E-state index in [1.807, 2.05) is 42.7 Å². The molecule has 0 saturated carbocycles. The summed E-state index contributed by atoms with van der Waals surface area (Å²) in [5.74, 6) is 0.543. The van der Waals surface area contributed by atoms with Crippen LogP contribution in [-0.2, 0) is 9.59 Å². The fourth-order valence-corrected chi connectivity index (χ4v) is 3.15. The van der Waals surface area contributed by atoms with Crippen LogP contribution in [-0.4, -0.2) is 31.2 Å². The van der Waals surface area contributed by atoms with Gasteiger partial charge in [-0.25, -0.2) is 0 Å². The van der Waals surface area contributed by atoms with Gasteiger partial charge in [0.2, 0.25) is 5.91 Å². The van der Waals surface area contributed by atoms with Crippen LogP contribution in [0.1, 0.15) is 12.8 Å². The van der Waals surface area contributed by atoms with Crippen LogP contribution in [0, 0.1) is 0 Å². The molecule has 2 aromatic rings. The smallest absolute Gasteiger partial charge is 0.262 e. The van der Waals surface area contributed by atoms with Gasteiger partial charge in [0.15, 0.2) is 6.61 Å². The Balaban J connectivity index is 1.52. The Labute approximate surface area is 151 Å². The Morgan fingerprint density at radius 1 is 1.24 bits per heavy atom. The lowest BCUT2D eigenvalue weighted by atomic mass is 10.3. The Morgan fingerprint density at radius 2 is 2.04 bits per heavy atom. The van der Waals surface area contributed by atoms with Crippen LogP contribution >= 0.6 is 11.8 Å². The van der Waals surface area contributed by atoms with Gasteiger partial charge in [-0.1, -0.05) is 6.07 Å². The molecule has 1 fully saturated rings. The molecular formula is C19H20N2O3S. The highest BCUT2D eigenvalue weighted by Gasteiger charge is 2.21. The summed E-state index contributed by atoms with van der Waals surface area (Å²) in [7, 11) is 0. The molecule has 0 atom stereocenters. The first-order chi connectivity index (χ1) is 12.2. The zero-order chi connectivity index (χ0) is 17.6. The first-order valence-corrected chi connectivity index (χ1v) is 9.35. The van der Waals surface area contributed by atoms with Gasteiger partial charge in [-0.2, -0.15) is 0 Å². The van der Waals surface area contributed by atoms with Gasteiger partial charge in [-0.15, -0.1) is 11.8 Å². The molecule has 0 spiro atoms. The minimum atomic E-state index is -0.211. The third-order valence-electron chi connectivity index (χ3n) is 3.95. The number of nitrogens with one attached hydrogen (secondary N) is 1. The van der Waals surface area contributed by atoms with Gasteiger partial charge in [0.25, 0.3) is 5.91 Å². The highest BCUT2D eigenvalue weighted by molar-refractivity contribution is 7.98. The number of hydrogen-bond donors (Lipinski definition) is 1. The van der Waals surface area contributed by atoms with E-state index in [1.54, 1.807) is 28.8 Å². The molecule has 3 rings (SSSR count). The van der Waals surface area contributed by atoms with Gasteiger partial charge in [-0.3, -0.25) is 9.59 Å². The number of hydrogen-bond acceptors (Lipinski definition) is 4. The van der Waals surface area contributed by atoms with Crippen molar-refractivity contribution in [2.75, 3.05) is 29.6 Å². The second kappa shape index (κ2) is 8.07. The Bertz CT molecular complexity index is 762. The zero-order valence-corrected chi connectivity index (χ0v) is 14.8. The van der Waals surface area contributed by atoms with Crippen molar-refractivity contribution in [3.8, 4) is 5.75 Å². The maximum Gasteiger partial charge on any atom is 0.262 e. The van der Waals surface area contributed by atoms with Crippen LogP contribution in [0.4, 0.5) is 11.4 Å². The van der Waals surface area contributed by atoms with E-state index >= 15 is 0 Å². The van der Waals surface area contributed by atoms with Crippen LogP contribution in [0.15, 0.2) is 53.4 Å². The summed E-state index contributed by atoms with van der Waals surface area (Å²) in [6, 6.07) is 14.9. The zero-order valence-electron chi connectivity index (χ0n) is 14.0. The Hall–Kier alpha value is -2.47. The molecule has 6 heteroatoms. The average Bonchev–Trinajstić information content (AvgIpc) is 3.06. The minimum Gasteiger partial charge on any atom is -0.484 e. The van der Waals surface area contributed by atoms with E-state index in [1.165, 1.54) is 0 Å². The van der Waals surface area contributed by atoms with Gasteiger partial charge in [0.1, 0.15) is 5.75 Å². The summed E-state index contributed by atoms with van der Waals surface area (Å²) in [5, 5.41) is 2.82. The predicted octanol–water partition coefficient (Wildman–Crippen LogP) is 3.55. The van der Waals surface area contributed by atoms with Crippen molar-refractivity contribution in [3.63, 3.8) is 0 Å². The molecule has 1 saturated heterocycles. The van der Waals surface area contributed by atoms with E-state index in [0.717, 1.165) is 29.2 Å². The third kappa shape index (κ3) is 4.54. The maximum atomic E-state index is 12.0. The third-order valence-corrected chi connectivity index (χ3v) is 4.67. The van der Waals surface area contributed by atoms with Crippen molar-refractivity contribution in [2.24, 2.45) is 0 Å². The lowest BCUT2D eigenvalue weighted by Gasteiger charge is -2.16. The van der Waals surface area contributed by atoms with E-state index < -0.39 is 0 Å². The molecule has 1 aliphatic rings. The van der Waals surface area contributed by atoms with Gasteiger partial charge in [-0.05, 0) is 55.1 Å². The molecule has 1 N–H and O–H groups in total. The number of carbonyl (C=O) groups is 2. The number of nitrogens with zero attached hydrogens (tertiary/aromatic N) is 1. The molecule has 25 heavy (non-hydrogen) atoms. The fourth-order valence-electron chi connectivity index (χ4n) is 2.69. The molecule has 5 nitrogen and oxygen atoms in total. The van der Waals surface area contributed by atoms with E-state index in [0.29, 0.717) is 12.2 Å². The van der Waals surface area contributed by atoms with E-state index in [2.05, 4.69) is 5.32 Å². The molecular weight excluding hydrogens is 336 g/mol. The van der Waals surface area contributed by atoms with E-state index in [9.17, 15) is 9.59 Å². The molecule has 1 heterocycles. The normalized spacial score (nSPS) is 13.8. The summed E-state index contributed by atoms with van der Waals surface area (Å²) in [6.07, 6.45) is 3.49. The molecule has 0 aromatic heterocycles. The SMILES string of the molecule is CSc1cccc(NC(=O)COc2ccc(N3CCCC3=O)cc2)c1. The van der Waals surface area contributed by atoms with E-state index in [4.69, 9.17) is 4.74 Å².